The van der Waals surface area contributed by atoms with Gasteiger partial charge in [0, 0.05) is 18.3 Å². The zero-order chi connectivity index (χ0) is 14.6. The summed E-state index contributed by atoms with van der Waals surface area (Å²) < 4.78 is 25.5. The smallest absolute Gasteiger partial charge is 0.319 e. The molecule has 0 fully saturated rings. The molecule has 0 bridgehead atoms. The number of urea groups is 1. The SMILES string of the molecule is CC(C)(CNC(=O)Nc1ccc(F)c(F)c1)C(=O)O. The Balaban J connectivity index is 2.56. The molecule has 5 nitrogen and oxygen atoms in total. The topological polar surface area (TPSA) is 78.4 Å². The Labute approximate surface area is 108 Å². The summed E-state index contributed by atoms with van der Waals surface area (Å²) >= 11 is 0. The number of carboxylic acids is 1. The summed E-state index contributed by atoms with van der Waals surface area (Å²) in [4.78, 5) is 22.3. The molecular formula is C12H14F2N2O3. The number of hydrogen-bond acceptors (Lipinski definition) is 2. The molecule has 7 heteroatoms. The summed E-state index contributed by atoms with van der Waals surface area (Å²) in [6, 6.07) is 2.21. The van der Waals surface area contributed by atoms with E-state index in [4.69, 9.17) is 5.11 Å². The number of nitrogens with one attached hydrogen (secondary N) is 2. The highest BCUT2D eigenvalue weighted by Gasteiger charge is 2.27. The number of hydrogen-bond donors (Lipinski definition) is 3. The first kappa shape index (κ1) is 14.9. The minimum absolute atomic E-state index is 0.0736. The lowest BCUT2D eigenvalue weighted by atomic mass is 9.94. The molecule has 0 aliphatic heterocycles. The predicted octanol–water partition coefficient (Wildman–Crippen LogP) is 2.20. The second-order valence-corrected chi connectivity index (χ2v) is 4.63. The molecule has 0 saturated carbocycles. The van der Waals surface area contributed by atoms with Crippen LogP contribution in [0.3, 0.4) is 0 Å². The molecule has 104 valence electrons. The first-order valence-corrected chi connectivity index (χ1v) is 5.45. The average molecular weight is 272 g/mol. The number of aliphatic carboxylic acids is 1. The van der Waals surface area contributed by atoms with Gasteiger partial charge in [0.25, 0.3) is 0 Å². The van der Waals surface area contributed by atoms with Crippen LogP contribution in [-0.2, 0) is 4.79 Å². The van der Waals surface area contributed by atoms with Gasteiger partial charge in [0.05, 0.1) is 5.41 Å². The lowest BCUT2D eigenvalue weighted by Crippen LogP contribution is -2.40. The van der Waals surface area contributed by atoms with Crippen LogP contribution in [0.25, 0.3) is 0 Å². The molecule has 0 atom stereocenters. The van der Waals surface area contributed by atoms with Crippen molar-refractivity contribution in [2.45, 2.75) is 13.8 Å². The third-order valence-corrected chi connectivity index (χ3v) is 2.45. The Bertz CT molecular complexity index is 504. The molecule has 1 aromatic carbocycles. The normalized spacial score (nSPS) is 10.9. The van der Waals surface area contributed by atoms with Crippen molar-refractivity contribution < 1.29 is 23.5 Å². The van der Waals surface area contributed by atoms with Crippen LogP contribution in [0.1, 0.15) is 13.8 Å². The monoisotopic (exact) mass is 272 g/mol. The molecule has 0 aliphatic carbocycles. The molecule has 1 aromatic rings. The van der Waals surface area contributed by atoms with E-state index in [-0.39, 0.29) is 12.2 Å². The molecule has 19 heavy (non-hydrogen) atoms. The Morgan fingerprint density at radius 2 is 1.89 bits per heavy atom. The molecule has 0 heterocycles. The van der Waals surface area contributed by atoms with E-state index in [0.29, 0.717) is 0 Å². The molecule has 0 radical (unpaired) electrons. The summed E-state index contributed by atoms with van der Waals surface area (Å²) in [5.41, 5.74) is -1.05. The zero-order valence-corrected chi connectivity index (χ0v) is 10.5. The highest BCUT2D eigenvalue weighted by Crippen LogP contribution is 2.14. The molecule has 1 rings (SSSR count). The van der Waals surface area contributed by atoms with E-state index in [2.05, 4.69) is 10.6 Å². The molecule has 0 unspecified atom stereocenters. The van der Waals surface area contributed by atoms with Crippen LogP contribution in [0.15, 0.2) is 18.2 Å². The molecule has 0 saturated heterocycles. The fourth-order valence-corrected chi connectivity index (χ4v) is 1.13. The minimum Gasteiger partial charge on any atom is -0.481 e. The van der Waals surface area contributed by atoms with Gasteiger partial charge in [0.1, 0.15) is 0 Å². The molecular weight excluding hydrogens is 258 g/mol. The van der Waals surface area contributed by atoms with Crippen LogP contribution in [0, 0.1) is 17.0 Å². The highest BCUT2D eigenvalue weighted by molar-refractivity contribution is 5.89. The van der Waals surface area contributed by atoms with Gasteiger partial charge in [-0.05, 0) is 26.0 Å². The van der Waals surface area contributed by atoms with Crippen LogP contribution in [-0.4, -0.2) is 23.7 Å². The van der Waals surface area contributed by atoms with E-state index in [9.17, 15) is 18.4 Å². The molecule has 0 aliphatic rings. The van der Waals surface area contributed by atoms with E-state index < -0.39 is 29.0 Å². The maximum absolute atomic E-state index is 12.9. The van der Waals surface area contributed by atoms with E-state index in [1.54, 1.807) is 0 Å². The maximum Gasteiger partial charge on any atom is 0.319 e. The standard InChI is InChI=1S/C12H14F2N2O3/c1-12(2,10(17)18)6-15-11(19)16-7-3-4-8(13)9(14)5-7/h3-5H,6H2,1-2H3,(H,17,18)(H2,15,16,19). The number of rotatable bonds is 4. The number of carboxylic acid groups (broad SMARTS) is 1. The third kappa shape index (κ3) is 4.20. The number of benzene rings is 1. The second-order valence-electron chi connectivity index (χ2n) is 4.63. The quantitative estimate of drug-likeness (QED) is 0.786. The number of amides is 2. The van der Waals surface area contributed by atoms with Crippen molar-refractivity contribution in [2.24, 2.45) is 5.41 Å². The summed E-state index contributed by atoms with van der Waals surface area (Å²) in [6.45, 7) is 2.80. The minimum atomic E-state index is -1.12. The highest BCUT2D eigenvalue weighted by atomic mass is 19.2. The fourth-order valence-electron chi connectivity index (χ4n) is 1.13. The number of carbonyl (C=O) groups is 2. The van der Waals surface area contributed by atoms with Crippen molar-refractivity contribution in [3.8, 4) is 0 Å². The summed E-state index contributed by atoms with van der Waals surface area (Å²) in [5, 5.41) is 13.5. The van der Waals surface area contributed by atoms with Crippen molar-refractivity contribution in [3.05, 3.63) is 29.8 Å². The van der Waals surface area contributed by atoms with Gasteiger partial charge in [-0.3, -0.25) is 4.79 Å². The van der Waals surface area contributed by atoms with Crippen molar-refractivity contribution >= 4 is 17.7 Å². The summed E-state index contributed by atoms with van der Waals surface area (Å²) in [6.07, 6.45) is 0. The van der Waals surface area contributed by atoms with E-state index in [1.165, 1.54) is 19.9 Å². The van der Waals surface area contributed by atoms with Crippen LogP contribution >= 0.6 is 0 Å². The molecule has 0 spiro atoms. The lowest BCUT2D eigenvalue weighted by molar-refractivity contribution is -0.146. The molecule has 0 aromatic heterocycles. The van der Waals surface area contributed by atoms with Crippen molar-refractivity contribution in [1.29, 1.82) is 0 Å². The Kier molecular flexibility index (Phi) is 4.42. The van der Waals surface area contributed by atoms with Crippen LogP contribution in [0.4, 0.5) is 19.3 Å². The van der Waals surface area contributed by atoms with E-state index in [1.807, 2.05) is 0 Å². The summed E-state index contributed by atoms with van der Waals surface area (Å²) in [5.74, 6) is -3.15. The fraction of sp³-hybridized carbons (Fsp3) is 0.333. The van der Waals surface area contributed by atoms with Gasteiger partial charge < -0.3 is 15.7 Å². The zero-order valence-electron chi connectivity index (χ0n) is 10.5. The van der Waals surface area contributed by atoms with E-state index in [0.717, 1.165) is 12.1 Å². The van der Waals surface area contributed by atoms with Crippen LogP contribution < -0.4 is 10.6 Å². The summed E-state index contributed by atoms with van der Waals surface area (Å²) in [7, 11) is 0. The largest absolute Gasteiger partial charge is 0.481 e. The second kappa shape index (κ2) is 5.64. The van der Waals surface area contributed by atoms with Gasteiger partial charge in [0.15, 0.2) is 11.6 Å². The van der Waals surface area contributed by atoms with Gasteiger partial charge in [-0.25, -0.2) is 13.6 Å². The average Bonchev–Trinajstić information content (AvgIpc) is 2.31. The van der Waals surface area contributed by atoms with E-state index >= 15 is 0 Å². The molecule has 2 amide bonds. The first-order valence-electron chi connectivity index (χ1n) is 5.45. The Morgan fingerprint density at radius 3 is 2.42 bits per heavy atom. The Hall–Kier alpha value is -2.18. The van der Waals surface area contributed by atoms with Gasteiger partial charge in [-0.15, -0.1) is 0 Å². The van der Waals surface area contributed by atoms with Crippen LogP contribution in [0.2, 0.25) is 0 Å². The van der Waals surface area contributed by atoms with Crippen molar-refractivity contribution in [1.82, 2.24) is 5.32 Å². The Morgan fingerprint density at radius 1 is 1.26 bits per heavy atom. The first-order chi connectivity index (χ1) is 8.72. The van der Waals surface area contributed by atoms with Gasteiger partial charge in [-0.2, -0.15) is 0 Å². The lowest BCUT2D eigenvalue weighted by Gasteiger charge is -2.19. The number of halogens is 2. The van der Waals surface area contributed by atoms with Crippen LogP contribution in [0.5, 0.6) is 0 Å². The van der Waals surface area contributed by atoms with Gasteiger partial charge in [-0.1, -0.05) is 0 Å². The maximum atomic E-state index is 12.9. The van der Waals surface area contributed by atoms with Gasteiger partial charge in [0.2, 0.25) is 0 Å². The molecule has 3 N–H and O–H groups in total. The van der Waals surface area contributed by atoms with Gasteiger partial charge >= 0.3 is 12.0 Å². The number of carbonyl (C=O) groups excluding carboxylic acids is 1. The van der Waals surface area contributed by atoms with Crippen molar-refractivity contribution in [2.75, 3.05) is 11.9 Å². The predicted molar refractivity (Wildman–Crippen MR) is 64.8 cm³/mol. The number of anilines is 1. The third-order valence-electron chi connectivity index (χ3n) is 2.45. The van der Waals surface area contributed by atoms with Crippen molar-refractivity contribution in [3.63, 3.8) is 0 Å².